The molecule has 0 aromatic heterocycles. The molecule has 2 N–H and O–H groups in total. The number of rotatable bonds is 8. The number of nitrogens with one attached hydrogen (secondary N) is 1. The van der Waals surface area contributed by atoms with Gasteiger partial charge in [-0.1, -0.05) is 32.6 Å². The molecular formula is C14H27NO3. The fourth-order valence-corrected chi connectivity index (χ4v) is 2.36. The van der Waals surface area contributed by atoms with Crippen LogP contribution >= 0.6 is 0 Å². The third kappa shape index (κ3) is 6.36. The van der Waals surface area contributed by atoms with Gasteiger partial charge in [-0.15, -0.1) is 0 Å². The first-order valence-corrected chi connectivity index (χ1v) is 7.23. The Kier molecular flexibility index (Phi) is 7.28. The van der Waals surface area contributed by atoms with Crippen LogP contribution in [0.1, 0.15) is 58.3 Å². The first-order chi connectivity index (χ1) is 8.66. The van der Waals surface area contributed by atoms with Crippen LogP contribution in [0.25, 0.3) is 0 Å². The van der Waals surface area contributed by atoms with Crippen molar-refractivity contribution in [3.63, 3.8) is 0 Å². The SMILES string of the molecule is CCCCOCCNC(=O)CC1(O)CCCCC1. The van der Waals surface area contributed by atoms with Gasteiger partial charge in [-0.25, -0.2) is 0 Å². The zero-order valence-corrected chi connectivity index (χ0v) is 11.5. The van der Waals surface area contributed by atoms with E-state index in [2.05, 4.69) is 12.2 Å². The Morgan fingerprint density at radius 3 is 2.67 bits per heavy atom. The van der Waals surface area contributed by atoms with Gasteiger partial charge in [-0.05, 0) is 19.3 Å². The van der Waals surface area contributed by atoms with E-state index >= 15 is 0 Å². The minimum Gasteiger partial charge on any atom is -0.389 e. The average Bonchev–Trinajstić information content (AvgIpc) is 2.34. The molecule has 1 saturated carbocycles. The molecule has 1 rings (SSSR count). The number of hydrogen-bond acceptors (Lipinski definition) is 3. The first-order valence-electron chi connectivity index (χ1n) is 7.23. The number of carbonyl (C=O) groups excluding carboxylic acids is 1. The predicted octanol–water partition coefficient (Wildman–Crippen LogP) is 2.00. The van der Waals surface area contributed by atoms with Crippen LogP contribution in [0, 0.1) is 0 Å². The molecule has 4 nitrogen and oxygen atoms in total. The van der Waals surface area contributed by atoms with E-state index < -0.39 is 5.60 Å². The van der Waals surface area contributed by atoms with E-state index in [0.29, 0.717) is 13.2 Å². The molecule has 0 aromatic carbocycles. The quantitative estimate of drug-likeness (QED) is 0.654. The van der Waals surface area contributed by atoms with E-state index in [0.717, 1.165) is 45.1 Å². The molecule has 0 saturated heterocycles. The summed E-state index contributed by atoms with van der Waals surface area (Å²) in [5.74, 6) is -0.0570. The average molecular weight is 257 g/mol. The lowest BCUT2D eigenvalue weighted by Crippen LogP contribution is -2.39. The molecule has 0 unspecified atom stereocenters. The zero-order valence-electron chi connectivity index (χ0n) is 11.5. The molecule has 1 fully saturated rings. The summed E-state index contributed by atoms with van der Waals surface area (Å²) >= 11 is 0. The highest BCUT2D eigenvalue weighted by Gasteiger charge is 2.31. The van der Waals surface area contributed by atoms with Crippen molar-refractivity contribution in [1.82, 2.24) is 5.32 Å². The second-order valence-corrected chi connectivity index (χ2v) is 5.28. The Hall–Kier alpha value is -0.610. The van der Waals surface area contributed by atoms with Crippen LogP contribution < -0.4 is 5.32 Å². The Bertz CT molecular complexity index is 237. The third-order valence-electron chi connectivity index (χ3n) is 3.48. The van der Waals surface area contributed by atoms with Gasteiger partial charge in [0.15, 0.2) is 0 Å². The summed E-state index contributed by atoms with van der Waals surface area (Å²) in [6, 6.07) is 0. The van der Waals surface area contributed by atoms with E-state index in [-0.39, 0.29) is 12.3 Å². The lowest BCUT2D eigenvalue weighted by atomic mass is 9.82. The minimum atomic E-state index is -0.759. The fourth-order valence-electron chi connectivity index (χ4n) is 2.36. The highest BCUT2D eigenvalue weighted by Crippen LogP contribution is 2.30. The van der Waals surface area contributed by atoms with Crippen LogP contribution in [-0.2, 0) is 9.53 Å². The van der Waals surface area contributed by atoms with Crippen LogP contribution in [0.15, 0.2) is 0 Å². The van der Waals surface area contributed by atoms with Crippen LogP contribution in [0.4, 0.5) is 0 Å². The molecule has 0 bridgehead atoms. The maximum atomic E-state index is 11.7. The molecule has 0 aliphatic heterocycles. The van der Waals surface area contributed by atoms with Crippen molar-refractivity contribution in [2.24, 2.45) is 0 Å². The largest absolute Gasteiger partial charge is 0.389 e. The van der Waals surface area contributed by atoms with Crippen molar-refractivity contribution in [2.75, 3.05) is 19.8 Å². The molecule has 0 spiro atoms. The van der Waals surface area contributed by atoms with Gasteiger partial charge >= 0.3 is 0 Å². The Morgan fingerprint density at radius 1 is 1.28 bits per heavy atom. The summed E-state index contributed by atoms with van der Waals surface area (Å²) in [5.41, 5.74) is -0.759. The highest BCUT2D eigenvalue weighted by molar-refractivity contribution is 5.77. The van der Waals surface area contributed by atoms with Gasteiger partial charge in [-0.3, -0.25) is 4.79 Å². The number of ether oxygens (including phenoxy) is 1. The summed E-state index contributed by atoms with van der Waals surface area (Å²) in [4.78, 5) is 11.7. The van der Waals surface area contributed by atoms with E-state index in [1.165, 1.54) is 6.42 Å². The first kappa shape index (κ1) is 15.4. The van der Waals surface area contributed by atoms with Crippen molar-refractivity contribution in [3.05, 3.63) is 0 Å². The van der Waals surface area contributed by atoms with Gasteiger partial charge in [0.1, 0.15) is 0 Å². The maximum absolute atomic E-state index is 11.7. The zero-order chi connectivity index (χ0) is 13.3. The summed E-state index contributed by atoms with van der Waals surface area (Å²) in [5, 5.41) is 13.0. The molecule has 0 aromatic rings. The van der Waals surface area contributed by atoms with Crippen molar-refractivity contribution in [1.29, 1.82) is 0 Å². The van der Waals surface area contributed by atoms with Crippen LogP contribution in [-0.4, -0.2) is 36.4 Å². The Labute approximate surface area is 110 Å². The highest BCUT2D eigenvalue weighted by atomic mass is 16.5. The van der Waals surface area contributed by atoms with Gasteiger partial charge in [0.25, 0.3) is 0 Å². The normalized spacial score (nSPS) is 18.6. The number of hydrogen-bond donors (Lipinski definition) is 2. The molecule has 18 heavy (non-hydrogen) atoms. The second-order valence-electron chi connectivity index (χ2n) is 5.28. The Morgan fingerprint density at radius 2 is 2.00 bits per heavy atom. The van der Waals surface area contributed by atoms with Gasteiger partial charge in [-0.2, -0.15) is 0 Å². The van der Waals surface area contributed by atoms with Crippen LogP contribution in [0.2, 0.25) is 0 Å². The Balaban J connectivity index is 2.06. The summed E-state index contributed by atoms with van der Waals surface area (Å²) in [6.45, 7) is 3.98. The van der Waals surface area contributed by atoms with Crippen molar-refractivity contribution < 1.29 is 14.6 Å². The molecule has 1 aliphatic carbocycles. The molecule has 1 aliphatic rings. The number of carbonyl (C=O) groups is 1. The molecule has 0 radical (unpaired) electrons. The smallest absolute Gasteiger partial charge is 0.222 e. The standard InChI is InChI=1S/C14H27NO3/c1-2-3-10-18-11-9-15-13(16)12-14(17)7-5-4-6-8-14/h17H,2-12H2,1H3,(H,15,16). The van der Waals surface area contributed by atoms with E-state index in [4.69, 9.17) is 4.74 Å². The van der Waals surface area contributed by atoms with Gasteiger partial charge in [0.05, 0.1) is 18.6 Å². The van der Waals surface area contributed by atoms with Gasteiger partial charge in [0.2, 0.25) is 5.91 Å². The molecule has 0 atom stereocenters. The summed E-state index contributed by atoms with van der Waals surface area (Å²) < 4.78 is 5.36. The number of aliphatic hydroxyl groups is 1. The van der Waals surface area contributed by atoms with Gasteiger partial charge < -0.3 is 15.2 Å². The van der Waals surface area contributed by atoms with Gasteiger partial charge in [0, 0.05) is 13.2 Å². The van der Waals surface area contributed by atoms with Crippen molar-refractivity contribution in [3.8, 4) is 0 Å². The lowest BCUT2D eigenvalue weighted by molar-refractivity contribution is -0.127. The topological polar surface area (TPSA) is 58.6 Å². The minimum absolute atomic E-state index is 0.0570. The van der Waals surface area contributed by atoms with Crippen LogP contribution in [0.3, 0.4) is 0 Å². The van der Waals surface area contributed by atoms with Crippen molar-refractivity contribution >= 4 is 5.91 Å². The monoisotopic (exact) mass is 257 g/mol. The number of amides is 1. The van der Waals surface area contributed by atoms with E-state index in [1.807, 2.05) is 0 Å². The number of unbranched alkanes of at least 4 members (excludes halogenated alkanes) is 1. The molecule has 4 heteroatoms. The lowest BCUT2D eigenvalue weighted by Gasteiger charge is -2.31. The third-order valence-corrected chi connectivity index (χ3v) is 3.48. The van der Waals surface area contributed by atoms with Crippen molar-refractivity contribution in [2.45, 2.75) is 63.9 Å². The molecule has 0 heterocycles. The van der Waals surface area contributed by atoms with E-state index in [1.54, 1.807) is 0 Å². The maximum Gasteiger partial charge on any atom is 0.222 e. The molecular weight excluding hydrogens is 230 g/mol. The van der Waals surface area contributed by atoms with E-state index in [9.17, 15) is 9.90 Å². The van der Waals surface area contributed by atoms with Crippen LogP contribution in [0.5, 0.6) is 0 Å². The fraction of sp³-hybridized carbons (Fsp3) is 0.929. The predicted molar refractivity (Wildman–Crippen MR) is 71.4 cm³/mol. The second kappa shape index (κ2) is 8.48. The molecule has 1 amide bonds. The molecule has 106 valence electrons. The summed E-state index contributed by atoms with van der Waals surface area (Å²) in [7, 11) is 0. The summed E-state index contributed by atoms with van der Waals surface area (Å²) in [6.07, 6.45) is 7.18.